The minimum atomic E-state index is -1.49. The first-order chi connectivity index (χ1) is 17.8. The van der Waals surface area contributed by atoms with Crippen molar-refractivity contribution >= 4 is 29.6 Å². The van der Waals surface area contributed by atoms with E-state index in [0.29, 0.717) is 31.4 Å². The van der Waals surface area contributed by atoms with Crippen LogP contribution in [0.25, 0.3) is 0 Å². The Bertz CT molecular complexity index is 956. The van der Waals surface area contributed by atoms with Gasteiger partial charge in [-0.1, -0.05) is 18.6 Å². The summed E-state index contributed by atoms with van der Waals surface area (Å²) in [5.74, 6) is -4.70. The number of carboxylic acid groups (broad SMARTS) is 1. The van der Waals surface area contributed by atoms with Crippen LogP contribution >= 0.6 is 0 Å². The topological polar surface area (TPSA) is 260 Å². The second kappa shape index (κ2) is 16.2. The number of carbonyl (C=O) groups is 5. The number of aliphatic hydroxyl groups excluding tert-OH is 1. The lowest BCUT2D eigenvalue weighted by Crippen LogP contribution is -2.60. The average Bonchev–Trinajstić information content (AvgIpc) is 2.85. The van der Waals surface area contributed by atoms with E-state index in [9.17, 15) is 39.3 Å². The zero-order valence-electron chi connectivity index (χ0n) is 21.3. The van der Waals surface area contributed by atoms with Crippen LogP contribution in [0.15, 0.2) is 24.3 Å². The predicted molar refractivity (Wildman–Crippen MR) is 136 cm³/mol. The molecular formula is C24H38N6O8. The molecule has 12 N–H and O–H groups in total. The highest BCUT2D eigenvalue weighted by atomic mass is 16.4. The van der Waals surface area contributed by atoms with E-state index in [1.165, 1.54) is 31.2 Å². The van der Waals surface area contributed by atoms with Crippen molar-refractivity contribution in [3.05, 3.63) is 29.8 Å². The van der Waals surface area contributed by atoms with Gasteiger partial charge in [-0.3, -0.25) is 19.2 Å². The molecule has 0 aliphatic rings. The second-order valence-electron chi connectivity index (χ2n) is 8.95. The van der Waals surface area contributed by atoms with Crippen molar-refractivity contribution < 1.29 is 39.3 Å². The van der Waals surface area contributed by atoms with Gasteiger partial charge in [0.1, 0.15) is 23.9 Å². The van der Waals surface area contributed by atoms with Gasteiger partial charge in [-0.05, 0) is 50.4 Å². The number of aromatic hydroxyl groups is 1. The standard InChI is InChI=1S/C24H38N6O8/c1-13(31)20(30-21(34)16(26)4-2-3-11-25)23(36)28-17(9-10-19(27)33)22(35)29-18(24(37)38)12-14-5-7-15(32)8-6-14/h5-8,13,16-18,20,31-32H,2-4,9-12,25-26H2,1H3,(H2,27,33)(H,28,36)(H,29,35)(H,30,34)(H,37,38). The van der Waals surface area contributed by atoms with Gasteiger partial charge in [0.15, 0.2) is 0 Å². The van der Waals surface area contributed by atoms with Crippen molar-refractivity contribution in [1.29, 1.82) is 0 Å². The number of hydrogen-bond acceptors (Lipinski definition) is 9. The number of unbranched alkanes of at least 4 members (excludes halogenated alkanes) is 1. The van der Waals surface area contributed by atoms with Gasteiger partial charge in [-0.2, -0.15) is 0 Å². The second-order valence-corrected chi connectivity index (χ2v) is 8.95. The van der Waals surface area contributed by atoms with Gasteiger partial charge in [0, 0.05) is 12.8 Å². The van der Waals surface area contributed by atoms with E-state index < -0.39 is 59.9 Å². The van der Waals surface area contributed by atoms with Crippen molar-refractivity contribution in [3.8, 4) is 5.75 Å². The summed E-state index contributed by atoms with van der Waals surface area (Å²) < 4.78 is 0. The van der Waals surface area contributed by atoms with E-state index in [2.05, 4.69) is 16.0 Å². The number of primary amides is 1. The fourth-order valence-corrected chi connectivity index (χ4v) is 3.46. The lowest BCUT2D eigenvalue weighted by atomic mass is 10.0. The summed E-state index contributed by atoms with van der Waals surface area (Å²) in [5.41, 5.74) is 16.9. The van der Waals surface area contributed by atoms with Crippen LogP contribution in [-0.4, -0.2) is 81.7 Å². The SMILES string of the molecule is CC(O)C(NC(=O)C(N)CCCCN)C(=O)NC(CCC(N)=O)C(=O)NC(Cc1ccc(O)cc1)C(=O)O. The van der Waals surface area contributed by atoms with Crippen molar-refractivity contribution in [1.82, 2.24) is 16.0 Å². The smallest absolute Gasteiger partial charge is 0.326 e. The van der Waals surface area contributed by atoms with Crippen molar-refractivity contribution in [2.24, 2.45) is 17.2 Å². The third-order valence-electron chi connectivity index (χ3n) is 5.67. The van der Waals surface area contributed by atoms with Crippen molar-refractivity contribution in [2.75, 3.05) is 6.54 Å². The van der Waals surface area contributed by atoms with E-state index in [-0.39, 0.29) is 25.0 Å². The third-order valence-corrected chi connectivity index (χ3v) is 5.67. The van der Waals surface area contributed by atoms with Gasteiger partial charge in [-0.15, -0.1) is 0 Å². The van der Waals surface area contributed by atoms with Crippen LogP contribution in [0.2, 0.25) is 0 Å². The fourth-order valence-electron chi connectivity index (χ4n) is 3.46. The molecule has 0 aromatic heterocycles. The highest BCUT2D eigenvalue weighted by Crippen LogP contribution is 2.12. The maximum absolute atomic E-state index is 13.0. The Morgan fingerprint density at radius 2 is 1.50 bits per heavy atom. The number of nitrogens with two attached hydrogens (primary N) is 3. The average molecular weight is 539 g/mol. The van der Waals surface area contributed by atoms with Gasteiger partial charge < -0.3 is 48.5 Å². The number of carboxylic acids is 1. The number of phenolic OH excluding ortho intramolecular Hbond substituents is 1. The Balaban J connectivity index is 2.98. The lowest BCUT2D eigenvalue weighted by Gasteiger charge is -2.26. The van der Waals surface area contributed by atoms with Crippen LogP contribution in [0.3, 0.4) is 0 Å². The molecule has 1 aromatic rings. The molecule has 1 aromatic carbocycles. The summed E-state index contributed by atoms with van der Waals surface area (Å²) in [6.45, 7) is 1.68. The summed E-state index contributed by atoms with van der Waals surface area (Å²) in [5, 5.41) is 36.1. The number of aliphatic carboxylic acids is 1. The first-order valence-corrected chi connectivity index (χ1v) is 12.2. The molecule has 0 aliphatic heterocycles. The number of carbonyl (C=O) groups excluding carboxylic acids is 4. The quantitative estimate of drug-likeness (QED) is 0.0947. The van der Waals surface area contributed by atoms with Crippen LogP contribution in [0.5, 0.6) is 5.75 Å². The Hall–Kier alpha value is -3.75. The van der Waals surface area contributed by atoms with E-state index in [4.69, 9.17) is 17.2 Å². The molecule has 14 nitrogen and oxygen atoms in total. The lowest BCUT2D eigenvalue weighted by molar-refractivity contribution is -0.142. The summed E-state index contributed by atoms with van der Waals surface area (Å²) in [6, 6.07) is 0.439. The molecule has 5 unspecified atom stereocenters. The first kappa shape index (κ1) is 32.3. The van der Waals surface area contributed by atoms with E-state index in [0.717, 1.165) is 0 Å². The highest BCUT2D eigenvalue weighted by Gasteiger charge is 2.32. The minimum absolute atomic E-state index is 0.0184. The number of benzene rings is 1. The van der Waals surface area contributed by atoms with Crippen LogP contribution < -0.4 is 33.2 Å². The third kappa shape index (κ3) is 11.5. The van der Waals surface area contributed by atoms with Crippen LogP contribution in [0.1, 0.15) is 44.6 Å². The normalized spacial score (nSPS) is 14.8. The zero-order chi connectivity index (χ0) is 28.8. The maximum Gasteiger partial charge on any atom is 0.326 e. The molecule has 5 atom stereocenters. The van der Waals surface area contributed by atoms with Crippen LogP contribution in [-0.2, 0) is 30.4 Å². The molecule has 0 saturated heterocycles. The van der Waals surface area contributed by atoms with Gasteiger partial charge in [-0.25, -0.2) is 4.79 Å². The fraction of sp³-hybridized carbons (Fsp3) is 0.542. The predicted octanol–water partition coefficient (Wildman–Crippen LogP) is -2.42. The molecule has 0 spiro atoms. The molecule has 38 heavy (non-hydrogen) atoms. The molecule has 0 bridgehead atoms. The summed E-state index contributed by atoms with van der Waals surface area (Å²) in [6.07, 6.45) is -0.548. The first-order valence-electron chi connectivity index (χ1n) is 12.2. The largest absolute Gasteiger partial charge is 0.508 e. The van der Waals surface area contributed by atoms with E-state index >= 15 is 0 Å². The molecule has 0 aliphatic carbocycles. The Morgan fingerprint density at radius 1 is 0.895 bits per heavy atom. The molecule has 14 heteroatoms. The minimum Gasteiger partial charge on any atom is -0.508 e. The molecule has 0 heterocycles. The van der Waals surface area contributed by atoms with E-state index in [1.807, 2.05) is 0 Å². The Kier molecular flexibility index (Phi) is 13.7. The summed E-state index contributed by atoms with van der Waals surface area (Å²) in [7, 11) is 0. The van der Waals surface area contributed by atoms with E-state index in [1.54, 1.807) is 0 Å². The number of nitrogens with one attached hydrogen (secondary N) is 3. The monoisotopic (exact) mass is 538 g/mol. The van der Waals surface area contributed by atoms with Crippen molar-refractivity contribution in [3.63, 3.8) is 0 Å². The Labute approximate surface area is 220 Å². The molecule has 4 amide bonds. The number of rotatable bonds is 17. The van der Waals surface area contributed by atoms with Crippen molar-refractivity contribution in [2.45, 2.75) is 75.7 Å². The van der Waals surface area contributed by atoms with Crippen LogP contribution in [0, 0.1) is 0 Å². The number of aliphatic hydroxyl groups is 1. The summed E-state index contributed by atoms with van der Waals surface area (Å²) in [4.78, 5) is 61.4. The number of amides is 4. The molecule has 0 saturated carbocycles. The van der Waals surface area contributed by atoms with Gasteiger partial charge in [0.25, 0.3) is 0 Å². The maximum atomic E-state index is 13.0. The van der Waals surface area contributed by atoms with Gasteiger partial charge in [0.2, 0.25) is 23.6 Å². The molecule has 1 rings (SSSR count). The Morgan fingerprint density at radius 3 is 2.03 bits per heavy atom. The number of phenols is 1. The molecular weight excluding hydrogens is 500 g/mol. The van der Waals surface area contributed by atoms with Gasteiger partial charge in [0.05, 0.1) is 12.1 Å². The summed E-state index contributed by atoms with van der Waals surface area (Å²) >= 11 is 0. The molecule has 212 valence electrons. The molecule has 0 radical (unpaired) electrons. The van der Waals surface area contributed by atoms with Crippen LogP contribution in [0.4, 0.5) is 0 Å². The molecule has 0 fully saturated rings. The highest BCUT2D eigenvalue weighted by molar-refractivity contribution is 5.94. The van der Waals surface area contributed by atoms with Gasteiger partial charge >= 0.3 is 5.97 Å². The zero-order valence-corrected chi connectivity index (χ0v) is 21.3. The number of hydrogen-bond donors (Lipinski definition) is 9.